The molecule has 1 aliphatic rings. The second kappa shape index (κ2) is 11.9. The molecule has 0 aliphatic heterocycles. The molecule has 196 valence electrons. The first-order valence-corrected chi connectivity index (χ1v) is 14.5. The average Bonchev–Trinajstić information content (AvgIpc) is 3.30. The summed E-state index contributed by atoms with van der Waals surface area (Å²) >= 11 is 0. The lowest BCUT2D eigenvalue weighted by Gasteiger charge is -2.33. The van der Waals surface area contributed by atoms with Crippen molar-refractivity contribution in [2.75, 3.05) is 17.1 Å². The molecule has 2 amide bonds. The summed E-state index contributed by atoms with van der Waals surface area (Å²) < 4.78 is 26.8. The number of hydrogen-bond acceptors (Lipinski definition) is 4. The van der Waals surface area contributed by atoms with E-state index in [0.29, 0.717) is 12.1 Å². The number of amides is 2. The Hall–Kier alpha value is -2.87. The van der Waals surface area contributed by atoms with Crippen molar-refractivity contribution >= 4 is 27.5 Å². The highest BCUT2D eigenvalue weighted by Crippen LogP contribution is 2.25. The van der Waals surface area contributed by atoms with E-state index in [4.69, 9.17) is 0 Å². The largest absolute Gasteiger partial charge is 0.352 e. The summed E-state index contributed by atoms with van der Waals surface area (Å²) in [6, 6.07) is 12.7. The van der Waals surface area contributed by atoms with Gasteiger partial charge >= 0.3 is 0 Å². The van der Waals surface area contributed by atoms with E-state index < -0.39 is 22.0 Å². The Morgan fingerprint density at radius 2 is 1.69 bits per heavy atom. The summed E-state index contributed by atoms with van der Waals surface area (Å²) in [5.74, 6) is -0.585. The molecule has 1 saturated carbocycles. The molecular weight excluding hydrogens is 474 g/mol. The van der Waals surface area contributed by atoms with Gasteiger partial charge in [0.05, 0.1) is 11.9 Å². The number of nitrogens with one attached hydrogen (secondary N) is 1. The van der Waals surface area contributed by atoms with Crippen LogP contribution in [0.3, 0.4) is 0 Å². The topological polar surface area (TPSA) is 86.8 Å². The molecule has 3 rings (SSSR count). The predicted molar refractivity (Wildman–Crippen MR) is 144 cm³/mol. The smallest absolute Gasteiger partial charge is 0.244 e. The van der Waals surface area contributed by atoms with E-state index in [1.54, 1.807) is 11.0 Å². The van der Waals surface area contributed by atoms with Gasteiger partial charge in [0.15, 0.2) is 0 Å². The highest BCUT2D eigenvalue weighted by atomic mass is 32.2. The number of nitrogens with zero attached hydrogens (tertiary/aromatic N) is 2. The number of hydrogen-bond donors (Lipinski definition) is 1. The van der Waals surface area contributed by atoms with Gasteiger partial charge < -0.3 is 10.2 Å². The molecule has 0 aromatic heterocycles. The van der Waals surface area contributed by atoms with Gasteiger partial charge in [-0.3, -0.25) is 13.9 Å². The summed E-state index contributed by atoms with van der Waals surface area (Å²) in [4.78, 5) is 28.7. The fourth-order valence-corrected chi connectivity index (χ4v) is 5.88. The van der Waals surface area contributed by atoms with Crippen molar-refractivity contribution < 1.29 is 18.0 Å². The summed E-state index contributed by atoms with van der Waals surface area (Å²) in [5.41, 5.74) is 4.19. The third-order valence-electron chi connectivity index (χ3n) is 6.82. The zero-order valence-corrected chi connectivity index (χ0v) is 22.9. The van der Waals surface area contributed by atoms with Crippen LogP contribution in [0, 0.1) is 20.8 Å². The van der Waals surface area contributed by atoms with Crippen LogP contribution in [0.25, 0.3) is 0 Å². The maximum Gasteiger partial charge on any atom is 0.244 e. The number of rotatable bonds is 10. The quantitative estimate of drug-likeness (QED) is 0.515. The van der Waals surface area contributed by atoms with Crippen molar-refractivity contribution in [2.24, 2.45) is 0 Å². The van der Waals surface area contributed by atoms with Crippen LogP contribution in [0.4, 0.5) is 5.69 Å². The Morgan fingerprint density at radius 3 is 2.28 bits per heavy atom. The predicted octanol–water partition coefficient (Wildman–Crippen LogP) is 4.24. The van der Waals surface area contributed by atoms with Crippen LogP contribution in [0.15, 0.2) is 42.5 Å². The van der Waals surface area contributed by atoms with Crippen LogP contribution in [0.1, 0.15) is 61.3 Å². The lowest BCUT2D eigenvalue weighted by molar-refractivity contribution is -0.140. The minimum absolute atomic E-state index is 0.130. The second-order valence-corrected chi connectivity index (χ2v) is 11.9. The molecule has 2 aromatic carbocycles. The Bertz CT molecular complexity index is 1190. The summed E-state index contributed by atoms with van der Waals surface area (Å²) in [5, 5.41) is 3.13. The normalized spacial score (nSPS) is 14.9. The molecule has 1 unspecified atom stereocenters. The molecule has 0 heterocycles. The fraction of sp³-hybridized carbons (Fsp3) is 0.500. The molecule has 7 nitrogen and oxygen atoms in total. The summed E-state index contributed by atoms with van der Waals surface area (Å²) in [6.45, 7) is 7.48. The first-order valence-electron chi connectivity index (χ1n) is 12.7. The average molecular weight is 514 g/mol. The van der Waals surface area contributed by atoms with E-state index >= 15 is 0 Å². The molecule has 0 spiro atoms. The Balaban J connectivity index is 1.94. The third-order valence-corrected chi connectivity index (χ3v) is 7.95. The summed E-state index contributed by atoms with van der Waals surface area (Å²) in [6.07, 6.45) is 5.61. The standard InChI is InChI=1S/C28H39N3O4S/c1-6-25(28(33)29-24-12-7-8-13-24)30(18-23-11-9-10-20(2)17-23)27(32)19-31(36(5,34)35)26-15-14-21(3)16-22(26)4/h9-11,14-17,24-25H,6-8,12-13,18-19H2,1-5H3,(H,29,33). The van der Waals surface area contributed by atoms with Crippen molar-refractivity contribution in [1.82, 2.24) is 10.2 Å². The van der Waals surface area contributed by atoms with Crippen LogP contribution in [-0.2, 0) is 26.2 Å². The number of aryl methyl sites for hydroxylation is 3. The van der Waals surface area contributed by atoms with Crippen molar-refractivity contribution in [3.8, 4) is 0 Å². The first-order chi connectivity index (χ1) is 17.0. The summed E-state index contributed by atoms with van der Waals surface area (Å²) in [7, 11) is -3.75. The molecule has 36 heavy (non-hydrogen) atoms. The maximum absolute atomic E-state index is 13.8. The molecule has 1 atom stereocenters. The Kier molecular flexibility index (Phi) is 9.17. The molecule has 0 saturated heterocycles. The van der Waals surface area contributed by atoms with Crippen molar-refractivity contribution in [3.05, 3.63) is 64.7 Å². The van der Waals surface area contributed by atoms with E-state index in [1.165, 1.54) is 0 Å². The molecule has 8 heteroatoms. The van der Waals surface area contributed by atoms with Crippen LogP contribution in [0.2, 0.25) is 0 Å². The van der Waals surface area contributed by atoms with Gasteiger partial charge in [0.25, 0.3) is 0 Å². The van der Waals surface area contributed by atoms with Gasteiger partial charge in [-0.25, -0.2) is 8.42 Å². The fourth-order valence-electron chi connectivity index (χ4n) is 4.97. The minimum atomic E-state index is -3.75. The van der Waals surface area contributed by atoms with Gasteiger partial charge in [-0.1, -0.05) is 67.3 Å². The SMILES string of the molecule is CCC(C(=O)NC1CCCC1)N(Cc1cccc(C)c1)C(=O)CN(c1ccc(C)cc1C)S(C)(=O)=O. The number of anilines is 1. The lowest BCUT2D eigenvalue weighted by Crippen LogP contribution is -2.53. The Morgan fingerprint density at radius 1 is 1.03 bits per heavy atom. The first kappa shape index (κ1) is 27.7. The number of benzene rings is 2. The molecule has 1 N–H and O–H groups in total. The van der Waals surface area contributed by atoms with Gasteiger partial charge in [0.1, 0.15) is 12.6 Å². The van der Waals surface area contributed by atoms with Crippen LogP contribution in [0.5, 0.6) is 0 Å². The van der Waals surface area contributed by atoms with Crippen LogP contribution < -0.4 is 9.62 Å². The van der Waals surface area contributed by atoms with Crippen LogP contribution in [-0.4, -0.2) is 50.0 Å². The van der Waals surface area contributed by atoms with Gasteiger partial charge in [0.2, 0.25) is 21.8 Å². The number of carbonyl (C=O) groups is 2. The highest BCUT2D eigenvalue weighted by molar-refractivity contribution is 7.92. The van der Waals surface area contributed by atoms with Gasteiger partial charge in [-0.15, -0.1) is 0 Å². The molecule has 1 aliphatic carbocycles. The minimum Gasteiger partial charge on any atom is -0.352 e. The number of carbonyl (C=O) groups excluding carboxylic acids is 2. The van der Waals surface area contributed by atoms with Crippen LogP contribution >= 0.6 is 0 Å². The molecule has 2 aromatic rings. The molecule has 0 radical (unpaired) electrons. The van der Waals surface area contributed by atoms with E-state index in [1.807, 2.05) is 64.1 Å². The third kappa shape index (κ3) is 7.09. The molecular formula is C28H39N3O4S. The van der Waals surface area contributed by atoms with Gasteiger partial charge in [0, 0.05) is 12.6 Å². The molecule has 1 fully saturated rings. The van der Waals surface area contributed by atoms with E-state index in [-0.39, 0.29) is 25.0 Å². The molecule has 0 bridgehead atoms. The van der Waals surface area contributed by atoms with E-state index in [0.717, 1.165) is 58.5 Å². The van der Waals surface area contributed by atoms with Gasteiger partial charge in [-0.2, -0.15) is 0 Å². The zero-order valence-electron chi connectivity index (χ0n) is 22.1. The van der Waals surface area contributed by atoms with E-state index in [2.05, 4.69) is 5.32 Å². The Labute approximate surface area is 215 Å². The number of sulfonamides is 1. The zero-order chi connectivity index (χ0) is 26.5. The monoisotopic (exact) mass is 513 g/mol. The second-order valence-electron chi connectivity index (χ2n) is 9.98. The van der Waals surface area contributed by atoms with Crippen molar-refractivity contribution in [1.29, 1.82) is 0 Å². The highest BCUT2D eigenvalue weighted by Gasteiger charge is 2.33. The van der Waals surface area contributed by atoms with E-state index in [9.17, 15) is 18.0 Å². The van der Waals surface area contributed by atoms with Crippen molar-refractivity contribution in [2.45, 2.75) is 78.4 Å². The maximum atomic E-state index is 13.8. The lowest BCUT2D eigenvalue weighted by atomic mass is 10.1. The van der Waals surface area contributed by atoms with Gasteiger partial charge in [-0.05, 0) is 57.2 Å². The van der Waals surface area contributed by atoms with Crippen molar-refractivity contribution in [3.63, 3.8) is 0 Å².